The number of hydrogen-bond donors (Lipinski definition) is 3. The molecule has 0 fully saturated rings. The lowest BCUT2D eigenvalue weighted by Gasteiger charge is -2.25. The van der Waals surface area contributed by atoms with Crippen LogP contribution in [0.25, 0.3) is 0 Å². The van der Waals surface area contributed by atoms with E-state index in [0.717, 1.165) is 30.6 Å². The summed E-state index contributed by atoms with van der Waals surface area (Å²) in [6, 6.07) is 1.57. The molecule has 0 bridgehead atoms. The van der Waals surface area contributed by atoms with E-state index in [9.17, 15) is 9.59 Å². The first-order chi connectivity index (χ1) is 9.40. The second kappa shape index (κ2) is 5.56. The van der Waals surface area contributed by atoms with Crippen molar-refractivity contribution < 1.29 is 14.0 Å². The molecular formula is C14H21N3O3. The highest BCUT2D eigenvalue weighted by Crippen LogP contribution is 2.30. The van der Waals surface area contributed by atoms with Gasteiger partial charge in [-0.3, -0.25) is 4.79 Å². The third kappa shape index (κ3) is 3.12. The van der Waals surface area contributed by atoms with Crippen LogP contribution in [-0.4, -0.2) is 18.5 Å². The molecule has 0 radical (unpaired) electrons. The van der Waals surface area contributed by atoms with Crippen LogP contribution in [0, 0.1) is 5.41 Å². The Kier molecular flexibility index (Phi) is 4.01. The Morgan fingerprint density at radius 2 is 2.25 bits per heavy atom. The fourth-order valence-corrected chi connectivity index (χ4v) is 2.23. The van der Waals surface area contributed by atoms with Gasteiger partial charge in [0.25, 0.3) is 0 Å². The molecule has 1 unspecified atom stereocenters. The molecule has 0 spiro atoms. The van der Waals surface area contributed by atoms with Gasteiger partial charge in [-0.1, -0.05) is 0 Å². The van der Waals surface area contributed by atoms with Crippen molar-refractivity contribution in [2.75, 3.05) is 6.54 Å². The molecule has 0 saturated heterocycles. The molecule has 0 aromatic carbocycles. The second-order valence-electron chi connectivity index (χ2n) is 5.82. The standard InChI is InChI=1S/C14H21N3O3/c1-14(2,12(15)18)8-16-13(19)17-10-4-3-5-11-9(10)6-7-20-11/h6-7,10H,3-5,8H2,1-2H3,(H2,15,18)(H2,16,17,19). The van der Waals surface area contributed by atoms with Gasteiger partial charge in [-0.15, -0.1) is 0 Å². The van der Waals surface area contributed by atoms with Crippen LogP contribution in [0.15, 0.2) is 16.7 Å². The molecule has 1 aliphatic rings. The van der Waals surface area contributed by atoms with Gasteiger partial charge in [0.1, 0.15) is 5.76 Å². The van der Waals surface area contributed by atoms with Gasteiger partial charge in [0, 0.05) is 18.5 Å². The highest BCUT2D eigenvalue weighted by atomic mass is 16.3. The minimum absolute atomic E-state index is 0.0332. The number of nitrogens with one attached hydrogen (secondary N) is 2. The first-order valence-electron chi connectivity index (χ1n) is 6.81. The lowest BCUT2D eigenvalue weighted by atomic mass is 9.92. The van der Waals surface area contributed by atoms with E-state index in [4.69, 9.17) is 10.2 Å². The number of furan rings is 1. The molecule has 1 heterocycles. The van der Waals surface area contributed by atoms with E-state index in [2.05, 4.69) is 10.6 Å². The molecule has 1 aromatic heterocycles. The molecule has 4 N–H and O–H groups in total. The van der Waals surface area contributed by atoms with Gasteiger partial charge in [0.15, 0.2) is 0 Å². The molecule has 1 aliphatic carbocycles. The zero-order chi connectivity index (χ0) is 14.8. The Labute approximate surface area is 118 Å². The number of carbonyl (C=O) groups excluding carboxylic acids is 2. The molecule has 0 saturated carbocycles. The van der Waals surface area contributed by atoms with Gasteiger partial charge in [-0.05, 0) is 32.8 Å². The zero-order valence-corrected chi connectivity index (χ0v) is 11.9. The summed E-state index contributed by atoms with van der Waals surface area (Å²) in [5, 5.41) is 5.60. The molecule has 1 atom stereocenters. The molecule has 6 nitrogen and oxygen atoms in total. The van der Waals surface area contributed by atoms with E-state index in [1.807, 2.05) is 6.07 Å². The fourth-order valence-electron chi connectivity index (χ4n) is 2.23. The van der Waals surface area contributed by atoms with Crippen molar-refractivity contribution in [3.8, 4) is 0 Å². The molecule has 20 heavy (non-hydrogen) atoms. The van der Waals surface area contributed by atoms with E-state index in [0.29, 0.717) is 0 Å². The highest BCUT2D eigenvalue weighted by Gasteiger charge is 2.27. The van der Waals surface area contributed by atoms with E-state index in [-0.39, 0.29) is 18.6 Å². The quantitative estimate of drug-likeness (QED) is 0.778. The van der Waals surface area contributed by atoms with Gasteiger partial charge < -0.3 is 20.8 Å². The molecule has 0 aliphatic heterocycles. The fraction of sp³-hybridized carbons (Fsp3) is 0.571. The number of aryl methyl sites for hydroxylation is 1. The largest absolute Gasteiger partial charge is 0.469 e. The molecular weight excluding hydrogens is 258 g/mol. The Morgan fingerprint density at radius 1 is 1.50 bits per heavy atom. The summed E-state index contributed by atoms with van der Waals surface area (Å²) in [4.78, 5) is 23.1. The summed E-state index contributed by atoms with van der Waals surface area (Å²) in [5.74, 6) is 0.506. The molecule has 6 heteroatoms. The van der Waals surface area contributed by atoms with Gasteiger partial charge >= 0.3 is 6.03 Å². The number of carbonyl (C=O) groups is 2. The minimum Gasteiger partial charge on any atom is -0.469 e. The van der Waals surface area contributed by atoms with Crippen LogP contribution in [0.1, 0.15) is 44.1 Å². The van der Waals surface area contributed by atoms with Crippen LogP contribution in [0.5, 0.6) is 0 Å². The minimum atomic E-state index is -0.759. The smallest absolute Gasteiger partial charge is 0.315 e. The van der Waals surface area contributed by atoms with Crippen LogP contribution in [0.2, 0.25) is 0 Å². The summed E-state index contributed by atoms with van der Waals surface area (Å²) >= 11 is 0. The van der Waals surface area contributed by atoms with Crippen molar-refractivity contribution in [2.24, 2.45) is 11.1 Å². The number of hydrogen-bond acceptors (Lipinski definition) is 3. The lowest BCUT2D eigenvalue weighted by Crippen LogP contribution is -2.46. The summed E-state index contributed by atoms with van der Waals surface area (Å²) in [6.07, 6.45) is 4.44. The zero-order valence-electron chi connectivity index (χ0n) is 11.9. The maximum atomic E-state index is 11.9. The Bertz CT molecular complexity index is 508. The Morgan fingerprint density at radius 3 is 2.95 bits per heavy atom. The van der Waals surface area contributed by atoms with Crippen molar-refractivity contribution in [2.45, 2.75) is 39.2 Å². The van der Waals surface area contributed by atoms with Crippen molar-refractivity contribution in [3.63, 3.8) is 0 Å². The van der Waals surface area contributed by atoms with Crippen LogP contribution in [0.3, 0.4) is 0 Å². The molecule has 1 aromatic rings. The van der Waals surface area contributed by atoms with E-state index >= 15 is 0 Å². The number of fused-ring (bicyclic) bond motifs is 1. The van der Waals surface area contributed by atoms with Gasteiger partial charge in [0.2, 0.25) is 5.91 Å². The topological polar surface area (TPSA) is 97.4 Å². The van der Waals surface area contributed by atoms with Crippen LogP contribution in [0.4, 0.5) is 4.79 Å². The first kappa shape index (κ1) is 14.4. The van der Waals surface area contributed by atoms with Gasteiger partial charge in [0.05, 0.1) is 17.7 Å². The van der Waals surface area contributed by atoms with Crippen molar-refractivity contribution in [3.05, 3.63) is 23.7 Å². The summed E-state index contributed by atoms with van der Waals surface area (Å²) in [5.41, 5.74) is 5.55. The maximum Gasteiger partial charge on any atom is 0.315 e. The van der Waals surface area contributed by atoms with Crippen LogP contribution < -0.4 is 16.4 Å². The van der Waals surface area contributed by atoms with Crippen molar-refractivity contribution >= 4 is 11.9 Å². The second-order valence-corrected chi connectivity index (χ2v) is 5.82. The number of nitrogens with two attached hydrogens (primary N) is 1. The van der Waals surface area contributed by atoms with E-state index < -0.39 is 11.3 Å². The lowest BCUT2D eigenvalue weighted by molar-refractivity contribution is -0.125. The van der Waals surface area contributed by atoms with Gasteiger partial charge in [-0.25, -0.2) is 4.79 Å². The molecule has 3 amide bonds. The average molecular weight is 279 g/mol. The summed E-state index contributed by atoms with van der Waals surface area (Å²) in [7, 11) is 0. The Balaban J connectivity index is 1.89. The average Bonchev–Trinajstić information content (AvgIpc) is 2.86. The predicted octanol–water partition coefficient (Wildman–Crippen LogP) is 1.47. The SMILES string of the molecule is CC(C)(CNC(=O)NC1CCCc2occc21)C(N)=O. The maximum absolute atomic E-state index is 11.9. The highest BCUT2D eigenvalue weighted by molar-refractivity contribution is 5.81. The Hall–Kier alpha value is -1.98. The monoisotopic (exact) mass is 279 g/mol. The number of amides is 3. The third-order valence-corrected chi connectivity index (χ3v) is 3.72. The third-order valence-electron chi connectivity index (χ3n) is 3.72. The molecule has 110 valence electrons. The normalized spacial score (nSPS) is 18.2. The molecule has 2 rings (SSSR count). The summed E-state index contributed by atoms with van der Waals surface area (Å²) < 4.78 is 5.38. The summed E-state index contributed by atoms with van der Waals surface area (Å²) in [6.45, 7) is 3.61. The van der Waals surface area contributed by atoms with Crippen LogP contribution >= 0.6 is 0 Å². The van der Waals surface area contributed by atoms with Crippen molar-refractivity contribution in [1.29, 1.82) is 0 Å². The van der Waals surface area contributed by atoms with E-state index in [1.165, 1.54) is 0 Å². The van der Waals surface area contributed by atoms with Crippen molar-refractivity contribution in [1.82, 2.24) is 10.6 Å². The predicted molar refractivity (Wildman–Crippen MR) is 73.9 cm³/mol. The van der Waals surface area contributed by atoms with Crippen LogP contribution in [-0.2, 0) is 11.2 Å². The van der Waals surface area contributed by atoms with E-state index in [1.54, 1.807) is 20.1 Å². The first-order valence-corrected chi connectivity index (χ1v) is 6.81. The number of primary amides is 1. The van der Waals surface area contributed by atoms with Gasteiger partial charge in [-0.2, -0.15) is 0 Å². The number of rotatable bonds is 4. The number of urea groups is 1.